The molecule has 0 aliphatic rings. The molecule has 0 amide bonds. The van der Waals surface area contributed by atoms with E-state index in [0.717, 1.165) is 0 Å². The Kier molecular flexibility index (Phi) is 10.8. The first-order valence-electron chi connectivity index (χ1n) is 12.5. The van der Waals surface area contributed by atoms with Crippen molar-refractivity contribution < 1.29 is 17.1 Å². The van der Waals surface area contributed by atoms with Gasteiger partial charge in [-0.1, -0.05) is 0 Å². The summed E-state index contributed by atoms with van der Waals surface area (Å²) in [5.74, 6) is 0. The molecule has 0 aliphatic carbocycles. The van der Waals surface area contributed by atoms with Gasteiger partial charge in [-0.25, -0.2) is 0 Å². The summed E-state index contributed by atoms with van der Waals surface area (Å²) in [5.41, 5.74) is -3.21. The summed E-state index contributed by atoms with van der Waals surface area (Å²) in [6, 6.07) is 60.4. The van der Waals surface area contributed by atoms with Gasteiger partial charge in [0.05, 0.1) is 0 Å². The molecule has 6 rings (SSSR count). The summed E-state index contributed by atoms with van der Waals surface area (Å²) >= 11 is 7.07. The molecule has 0 bridgehead atoms. The van der Waals surface area contributed by atoms with Crippen molar-refractivity contribution in [1.29, 1.82) is 0 Å². The fraction of sp³-hybridized carbons (Fsp3) is 0. The molecule has 0 nitrogen and oxygen atoms in total. The maximum absolute atomic E-state index is 3.54. The van der Waals surface area contributed by atoms with E-state index in [1.165, 1.54) is 31.8 Å². The van der Waals surface area contributed by atoms with Crippen LogP contribution in [0.1, 0.15) is 0 Å². The van der Waals surface area contributed by atoms with E-state index in [4.69, 9.17) is 0 Å². The van der Waals surface area contributed by atoms with E-state index in [9.17, 15) is 0 Å². The van der Waals surface area contributed by atoms with Crippen LogP contribution in [0.3, 0.4) is 0 Å². The van der Waals surface area contributed by atoms with E-state index >= 15 is 0 Å². The van der Waals surface area contributed by atoms with Crippen LogP contribution in [-0.4, -0.2) is 30.2 Å². The van der Waals surface area contributed by atoms with Gasteiger partial charge in [-0.2, -0.15) is 0 Å². The second-order valence-electron chi connectivity index (χ2n) is 8.85. The SMILES string of the molecule is [Fe+2].[Se]=P(c1ccccc1)(c1ccccc1)[c-]1cccc1.[Se]=P(c1ccccc1)(c1ccccc1)[c-]1cccc1. The van der Waals surface area contributed by atoms with Crippen molar-refractivity contribution in [1.82, 2.24) is 0 Å². The van der Waals surface area contributed by atoms with Crippen molar-refractivity contribution in [3.8, 4) is 0 Å². The second-order valence-corrected chi connectivity index (χ2v) is 21.3. The average molecular weight is 712 g/mol. The maximum atomic E-state index is 3.54. The van der Waals surface area contributed by atoms with Gasteiger partial charge in [0.15, 0.2) is 0 Å². The predicted octanol–water partition coefficient (Wildman–Crippen LogP) is 5.56. The number of benzene rings is 4. The van der Waals surface area contributed by atoms with Crippen LogP contribution in [0.5, 0.6) is 0 Å². The van der Waals surface area contributed by atoms with Crippen molar-refractivity contribution in [2.45, 2.75) is 0 Å². The van der Waals surface area contributed by atoms with Crippen LogP contribution in [-0.2, 0) is 17.1 Å². The van der Waals surface area contributed by atoms with Gasteiger partial charge in [0.2, 0.25) is 0 Å². The quantitative estimate of drug-likeness (QED) is 0.121. The molecule has 194 valence electrons. The normalized spacial score (nSPS) is 11.1. The van der Waals surface area contributed by atoms with E-state index in [1.807, 2.05) is 0 Å². The Morgan fingerprint density at radius 1 is 0.333 bits per heavy atom. The van der Waals surface area contributed by atoms with Gasteiger partial charge in [0.25, 0.3) is 0 Å². The molecule has 5 heteroatoms. The summed E-state index contributed by atoms with van der Waals surface area (Å²) in [6.07, 6.45) is 0. The first-order chi connectivity index (χ1) is 18.6. The van der Waals surface area contributed by atoms with E-state index in [1.54, 1.807) is 0 Å². The standard InChI is InChI=1S/2C17H14PSe.Fe/c2*19-18(17-13-7-8-14-17,15-9-3-1-4-10-15)16-11-5-2-6-12-16;/h2*1-14H;/q2*-1;+2. The van der Waals surface area contributed by atoms with Crippen LogP contribution in [0.2, 0.25) is 0 Å². The molecular formula is C34H28FeP2Se2. The van der Waals surface area contributed by atoms with Crippen LogP contribution in [0.15, 0.2) is 170 Å². The average Bonchev–Trinajstić information content (AvgIpc) is 3.75. The molecule has 0 saturated heterocycles. The third-order valence-corrected chi connectivity index (χ3v) is 20.6. The van der Waals surface area contributed by atoms with E-state index in [0.29, 0.717) is 0 Å². The van der Waals surface area contributed by atoms with Gasteiger partial charge in [-0.05, 0) is 0 Å². The Bertz CT molecular complexity index is 1420. The zero-order valence-electron chi connectivity index (χ0n) is 21.2. The fourth-order valence-electron chi connectivity index (χ4n) is 4.59. The third kappa shape index (κ3) is 6.50. The van der Waals surface area contributed by atoms with Crippen LogP contribution in [0.4, 0.5) is 0 Å². The molecule has 0 aromatic heterocycles. The summed E-state index contributed by atoms with van der Waals surface area (Å²) in [7, 11) is 0. The molecular weight excluding hydrogens is 684 g/mol. The second kappa shape index (κ2) is 14.1. The summed E-state index contributed by atoms with van der Waals surface area (Å²) in [4.78, 5) is 0. The predicted molar refractivity (Wildman–Crippen MR) is 173 cm³/mol. The molecule has 0 spiro atoms. The Morgan fingerprint density at radius 3 is 0.744 bits per heavy atom. The number of hydrogen-bond acceptors (Lipinski definition) is 0. The van der Waals surface area contributed by atoms with E-state index in [2.05, 4.69) is 200 Å². The van der Waals surface area contributed by atoms with Gasteiger partial charge >= 0.3 is 260 Å². The molecule has 0 unspecified atom stereocenters. The minimum absolute atomic E-state index is 0. The van der Waals surface area contributed by atoms with Crippen LogP contribution in [0.25, 0.3) is 0 Å². The van der Waals surface area contributed by atoms with Crippen molar-refractivity contribution in [3.05, 3.63) is 170 Å². The molecule has 0 saturated carbocycles. The Balaban J connectivity index is 0.000000176. The fourth-order valence-corrected chi connectivity index (χ4v) is 14.5. The van der Waals surface area contributed by atoms with Crippen LogP contribution in [0, 0.1) is 0 Å². The molecule has 0 atom stereocenters. The topological polar surface area (TPSA) is 0 Å². The first kappa shape index (κ1) is 30.0. The molecule has 0 radical (unpaired) electrons. The monoisotopic (exact) mass is 714 g/mol. The minimum atomic E-state index is -1.60. The van der Waals surface area contributed by atoms with E-state index in [-0.39, 0.29) is 17.1 Å². The Hall–Kier alpha value is -2.00. The van der Waals surface area contributed by atoms with Gasteiger partial charge < -0.3 is 0 Å². The van der Waals surface area contributed by atoms with Crippen LogP contribution >= 0.6 is 11.0 Å². The molecule has 39 heavy (non-hydrogen) atoms. The number of rotatable bonds is 6. The summed E-state index contributed by atoms with van der Waals surface area (Å²) in [5, 5.41) is 8.31. The van der Waals surface area contributed by atoms with Crippen molar-refractivity contribution >= 4 is 73.0 Å². The van der Waals surface area contributed by atoms with Gasteiger partial charge in [0.1, 0.15) is 0 Å². The van der Waals surface area contributed by atoms with Crippen molar-refractivity contribution in [2.24, 2.45) is 0 Å². The zero-order valence-corrected chi connectivity index (χ0v) is 27.5. The number of hydrogen-bond donors (Lipinski definition) is 0. The van der Waals surface area contributed by atoms with Gasteiger partial charge in [0, 0.05) is 0 Å². The third-order valence-electron chi connectivity index (χ3n) is 6.50. The molecule has 0 heterocycles. The van der Waals surface area contributed by atoms with Gasteiger partial charge in [-0.3, -0.25) is 0 Å². The Labute approximate surface area is 258 Å². The van der Waals surface area contributed by atoms with E-state index < -0.39 is 11.0 Å². The van der Waals surface area contributed by atoms with Gasteiger partial charge in [-0.15, -0.1) is 0 Å². The summed E-state index contributed by atoms with van der Waals surface area (Å²) < 4.78 is 0. The molecule has 0 aliphatic heterocycles. The molecule has 0 N–H and O–H groups in total. The Morgan fingerprint density at radius 2 is 0.538 bits per heavy atom. The van der Waals surface area contributed by atoms with Crippen LogP contribution < -0.4 is 31.8 Å². The molecule has 6 aromatic carbocycles. The van der Waals surface area contributed by atoms with Crippen molar-refractivity contribution in [3.63, 3.8) is 0 Å². The molecule has 0 fully saturated rings. The summed E-state index contributed by atoms with van der Waals surface area (Å²) in [6.45, 7) is 0. The zero-order chi connectivity index (χ0) is 26.3. The first-order valence-corrected chi connectivity index (χ1v) is 20.5. The van der Waals surface area contributed by atoms with Crippen molar-refractivity contribution in [2.75, 3.05) is 0 Å². The molecule has 6 aromatic rings.